The van der Waals surface area contributed by atoms with Gasteiger partial charge in [0.1, 0.15) is 19.8 Å². The summed E-state index contributed by atoms with van der Waals surface area (Å²) < 4.78 is 33.8. The highest BCUT2D eigenvalue weighted by atomic mass is 31.2. The van der Waals surface area contributed by atoms with E-state index in [1.165, 1.54) is 44.9 Å². The molecule has 0 saturated heterocycles. The normalized spacial score (nSPS) is 14.3. The molecule has 0 aromatic heterocycles. The number of unbranched alkanes of at least 4 members (excludes halogenated alkanes) is 13. The van der Waals surface area contributed by atoms with E-state index in [0.29, 0.717) is 23.9 Å². The Labute approximate surface area is 330 Å². The fourth-order valence-electron chi connectivity index (χ4n) is 5.27. The number of hydrogen-bond donors (Lipinski definition) is 0. The first kappa shape index (κ1) is 51.7. The zero-order valence-corrected chi connectivity index (χ0v) is 35.8. The monoisotopic (exact) mass is 780 g/mol. The van der Waals surface area contributed by atoms with Gasteiger partial charge in [0.05, 0.1) is 27.7 Å². The van der Waals surface area contributed by atoms with Crippen molar-refractivity contribution < 1.29 is 42.1 Å². The molecule has 0 spiro atoms. The number of hydrogen-bond acceptors (Lipinski definition) is 8. The molecule has 0 bridgehead atoms. The molecule has 2 atom stereocenters. The molecule has 0 aliphatic carbocycles. The molecule has 9 nitrogen and oxygen atoms in total. The van der Waals surface area contributed by atoms with Crippen molar-refractivity contribution >= 4 is 19.8 Å². The van der Waals surface area contributed by atoms with Crippen molar-refractivity contribution in [2.24, 2.45) is 0 Å². The van der Waals surface area contributed by atoms with E-state index in [2.05, 4.69) is 74.6 Å². The van der Waals surface area contributed by atoms with Gasteiger partial charge in [0.2, 0.25) is 0 Å². The number of nitrogens with zero attached hydrogens (tertiary/aromatic N) is 1. The average Bonchev–Trinajstić information content (AvgIpc) is 3.12. The first-order valence-corrected chi connectivity index (χ1v) is 22.5. The van der Waals surface area contributed by atoms with Gasteiger partial charge in [0.15, 0.2) is 6.10 Å². The Morgan fingerprint density at radius 3 is 1.57 bits per heavy atom. The zero-order chi connectivity index (χ0) is 40.0. The molecule has 0 aliphatic rings. The Hall–Kier alpha value is -2.29. The van der Waals surface area contributed by atoms with E-state index >= 15 is 0 Å². The maximum atomic E-state index is 12.6. The molecule has 0 amide bonds. The molecule has 10 heteroatoms. The van der Waals surface area contributed by atoms with Crippen molar-refractivity contribution in [2.75, 3.05) is 47.5 Å². The predicted octanol–water partition coefficient (Wildman–Crippen LogP) is 11.1. The number of quaternary nitrogens is 1. The molecule has 312 valence electrons. The van der Waals surface area contributed by atoms with Crippen molar-refractivity contribution in [3.63, 3.8) is 0 Å². The number of likely N-dealkylation sites (N-methyl/N-ethyl adjacent to an activating group) is 1. The molecule has 0 fully saturated rings. The Morgan fingerprint density at radius 2 is 1.06 bits per heavy atom. The third-order valence-electron chi connectivity index (χ3n) is 8.55. The maximum Gasteiger partial charge on any atom is 0.306 e. The summed E-state index contributed by atoms with van der Waals surface area (Å²) in [7, 11) is 1.14. The lowest BCUT2D eigenvalue weighted by molar-refractivity contribution is -0.870. The average molecular weight is 780 g/mol. The highest BCUT2D eigenvalue weighted by molar-refractivity contribution is 7.45. The summed E-state index contributed by atoms with van der Waals surface area (Å²) in [5.41, 5.74) is 0. The molecule has 0 radical (unpaired) electrons. The van der Waals surface area contributed by atoms with Crippen molar-refractivity contribution in [3.05, 3.63) is 60.8 Å². The number of carbonyl (C=O) groups is 2. The number of esters is 2. The quantitative estimate of drug-likeness (QED) is 0.0201. The Balaban J connectivity index is 4.42. The van der Waals surface area contributed by atoms with Gasteiger partial charge in [-0.3, -0.25) is 14.2 Å². The summed E-state index contributed by atoms with van der Waals surface area (Å²) in [4.78, 5) is 37.4. The van der Waals surface area contributed by atoms with Crippen molar-refractivity contribution in [1.29, 1.82) is 0 Å². The van der Waals surface area contributed by atoms with E-state index < -0.39 is 32.5 Å². The van der Waals surface area contributed by atoms with Crippen molar-refractivity contribution in [1.82, 2.24) is 0 Å². The van der Waals surface area contributed by atoms with Gasteiger partial charge in [-0.05, 0) is 57.8 Å². The van der Waals surface area contributed by atoms with Gasteiger partial charge in [-0.1, -0.05) is 145 Å². The fraction of sp³-hybridized carbons (Fsp3) is 0.727. The van der Waals surface area contributed by atoms with Crippen LogP contribution in [0.15, 0.2) is 60.8 Å². The van der Waals surface area contributed by atoms with E-state index in [1.807, 2.05) is 21.1 Å². The standard InChI is InChI=1S/C44H78NO8P/c1-6-8-10-12-14-16-18-19-20-21-22-23-24-25-27-28-30-32-34-36-43(46)50-40-42(41-52-54(48,49)51-39-38-45(3,4)5)53-44(47)37-35-33-31-29-26-17-15-13-11-9-7-2/h8,10,14,16,19-20,22-23,25,27,42H,6-7,9,11-13,15,17-18,21,24,26,28-41H2,1-5H3/b10-8+,16-14+,20-19+,23-22+,27-25+/t42-/m0/s1. The Kier molecular flexibility index (Phi) is 34.8. The van der Waals surface area contributed by atoms with Gasteiger partial charge in [0, 0.05) is 12.8 Å². The summed E-state index contributed by atoms with van der Waals surface area (Å²) in [5.74, 6) is -0.877. The number of rotatable bonds is 37. The molecular weight excluding hydrogens is 701 g/mol. The molecule has 0 saturated carbocycles. The molecule has 0 aromatic rings. The lowest BCUT2D eigenvalue weighted by atomic mass is 10.1. The van der Waals surface area contributed by atoms with Gasteiger partial charge in [0.25, 0.3) is 7.82 Å². The fourth-order valence-corrected chi connectivity index (χ4v) is 6.00. The summed E-state index contributed by atoms with van der Waals surface area (Å²) >= 11 is 0. The summed E-state index contributed by atoms with van der Waals surface area (Å²) in [6.45, 7) is 4.05. The first-order valence-electron chi connectivity index (χ1n) is 21.0. The molecule has 0 heterocycles. The van der Waals surface area contributed by atoms with Gasteiger partial charge in [-0.15, -0.1) is 0 Å². The SMILES string of the molecule is CC/C=C/C/C=C/C/C=C/C/C=C/C/C=C/CCCCCC(=O)OC[C@@H](COP(=O)([O-])OCC[N+](C)(C)C)OC(=O)CCCCCCCCCCCCC. The highest BCUT2D eigenvalue weighted by Gasteiger charge is 2.21. The van der Waals surface area contributed by atoms with E-state index in [-0.39, 0.29) is 26.1 Å². The minimum absolute atomic E-state index is 0.0380. The second-order valence-electron chi connectivity index (χ2n) is 15.0. The van der Waals surface area contributed by atoms with Crippen LogP contribution in [-0.4, -0.2) is 70.0 Å². The van der Waals surface area contributed by atoms with Crippen LogP contribution in [0.2, 0.25) is 0 Å². The Morgan fingerprint density at radius 1 is 0.593 bits per heavy atom. The molecular formula is C44H78NO8P. The Bertz CT molecular complexity index is 1110. The molecule has 0 N–H and O–H groups in total. The first-order chi connectivity index (χ1) is 26.0. The third-order valence-corrected chi connectivity index (χ3v) is 9.52. The number of phosphoric acid groups is 1. The molecule has 0 aromatic carbocycles. The van der Waals surface area contributed by atoms with Gasteiger partial charge >= 0.3 is 11.9 Å². The topological polar surface area (TPSA) is 111 Å². The van der Waals surface area contributed by atoms with E-state index in [9.17, 15) is 19.0 Å². The highest BCUT2D eigenvalue weighted by Crippen LogP contribution is 2.38. The molecule has 0 rings (SSSR count). The van der Waals surface area contributed by atoms with Crippen LogP contribution in [0.1, 0.15) is 155 Å². The minimum atomic E-state index is -4.63. The maximum absolute atomic E-state index is 12.6. The van der Waals surface area contributed by atoms with Crippen molar-refractivity contribution in [2.45, 2.75) is 161 Å². The van der Waals surface area contributed by atoms with E-state index in [4.69, 9.17) is 18.5 Å². The molecule has 0 aliphatic heterocycles. The smallest absolute Gasteiger partial charge is 0.306 e. The number of ether oxygens (including phenoxy) is 2. The predicted molar refractivity (Wildman–Crippen MR) is 222 cm³/mol. The minimum Gasteiger partial charge on any atom is -0.756 e. The largest absolute Gasteiger partial charge is 0.756 e. The van der Waals surface area contributed by atoms with Crippen LogP contribution in [0.3, 0.4) is 0 Å². The van der Waals surface area contributed by atoms with Crippen LogP contribution < -0.4 is 4.89 Å². The van der Waals surface area contributed by atoms with E-state index in [1.54, 1.807) is 0 Å². The van der Waals surface area contributed by atoms with Crippen LogP contribution in [0, 0.1) is 0 Å². The number of carbonyl (C=O) groups excluding carboxylic acids is 2. The van der Waals surface area contributed by atoms with Crippen LogP contribution in [0.4, 0.5) is 0 Å². The third kappa shape index (κ3) is 39.4. The van der Waals surface area contributed by atoms with Crippen LogP contribution in [-0.2, 0) is 32.7 Å². The zero-order valence-electron chi connectivity index (χ0n) is 34.9. The summed E-state index contributed by atoms with van der Waals surface area (Å²) in [6, 6.07) is 0. The molecule has 54 heavy (non-hydrogen) atoms. The second kappa shape index (κ2) is 36.4. The van der Waals surface area contributed by atoms with Crippen LogP contribution in [0.25, 0.3) is 0 Å². The number of phosphoric ester groups is 1. The van der Waals surface area contributed by atoms with Crippen LogP contribution in [0.5, 0.6) is 0 Å². The number of allylic oxidation sites excluding steroid dienone is 10. The van der Waals surface area contributed by atoms with Crippen molar-refractivity contribution in [3.8, 4) is 0 Å². The second-order valence-corrected chi connectivity index (χ2v) is 16.4. The van der Waals surface area contributed by atoms with Crippen LogP contribution >= 0.6 is 7.82 Å². The van der Waals surface area contributed by atoms with E-state index in [0.717, 1.165) is 70.6 Å². The van der Waals surface area contributed by atoms with Gasteiger partial charge < -0.3 is 27.9 Å². The lowest BCUT2D eigenvalue weighted by Gasteiger charge is -2.28. The van der Waals surface area contributed by atoms with Gasteiger partial charge in [-0.2, -0.15) is 0 Å². The molecule has 1 unspecified atom stereocenters. The summed E-state index contributed by atoms with van der Waals surface area (Å²) in [5, 5.41) is 0. The van der Waals surface area contributed by atoms with Gasteiger partial charge in [-0.25, -0.2) is 0 Å². The lowest BCUT2D eigenvalue weighted by Crippen LogP contribution is -2.37. The summed E-state index contributed by atoms with van der Waals surface area (Å²) in [6.07, 6.45) is 42.5.